The second kappa shape index (κ2) is 8.47. The summed E-state index contributed by atoms with van der Waals surface area (Å²) in [6.45, 7) is 3.97. The Hall–Kier alpha value is -4.26. The van der Waals surface area contributed by atoms with E-state index in [0.29, 0.717) is 28.1 Å². The summed E-state index contributed by atoms with van der Waals surface area (Å²) in [6, 6.07) is 12.5. The molecule has 4 aromatic rings. The summed E-state index contributed by atoms with van der Waals surface area (Å²) in [7, 11) is 0. The molecule has 6 N–H and O–H groups in total. The van der Waals surface area contributed by atoms with Gasteiger partial charge in [-0.3, -0.25) is 4.98 Å². The lowest BCUT2D eigenvalue weighted by Gasteiger charge is -2.18. The molecule has 2 aromatic carbocycles. The molecule has 0 fully saturated rings. The van der Waals surface area contributed by atoms with Crippen LogP contribution in [0, 0.1) is 6.92 Å². The number of rotatable bonds is 6. The number of carboxylic acid groups (broad SMARTS) is 1. The molecule has 1 atom stereocenters. The van der Waals surface area contributed by atoms with Crippen molar-refractivity contribution in [1.29, 1.82) is 0 Å². The first-order valence-electron chi connectivity index (χ1n) is 10.2. The SMILES string of the molecule is Cc1cc(C(C)Nc2ccccc2C(=O)O)c2oc3c(/C(N)=C/C=C\N)ccnc3c2c1. The van der Waals surface area contributed by atoms with Crippen LogP contribution in [0.25, 0.3) is 27.8 Å². The molecular formula is C25H24N4O3. The van der Waals surface area contributed by atoms with E-state index in [1.54, 1.807) is 48.7 Å². The Labute approximate surface area is 185 Å². The highest BCUT2D eigenvalue weighted by Gasteiger charge is 2.20. The molecule has 2 aromatic heterocycles. The predicted molar refractivity (Wildman–Crippen MR) is 127 cm³/mol. The minimum Gasteiger partial charge on any atom is -0.478 e. The molecule has 7 nitrogen and oxygen atoms in total. The number of benzene rings is 2. The standard InChI is InChI=1S/C25H24N4O3/c1-14-12-18(15(2)29-21-8-4-3-6-17(21)25(30)31)23-19(13-14)22-24(32-23)16(9-11-28-22)20(27)7-5-10-26/h3-13,15,29H,26-27H2,1-2H3,(H,30,31)/b10-5-,20-7-. The van der Waals surface area contributed by atoms with E-state index in [1.807, 2.05) is 26.0 Å². The van der Waals surface area contributed by atoms with Gasteiger partial charge in [0.1, 0.15) is 11.1 Å². The van der Waals surface area contributed by atoms with Gasteiger partial charge in [0.2, 0.25) is 0 Å². The van der Waals surface area contributed by atoms with Crippen molar-refractivity contribution in [3.05, 3.63) is 89.3 Å². The molecule has 32 heavy (non-hydrogen) atoms. The number of nitrogens with zero attached hydrogens (tertiary/aromatic N) is 1. The van der Waals surface area contributed by atoms with Gasteiger partial charge in [0.15, 0.2) is 5.58 Å². The second-order valence-corrected chi connectivity index (χ2v) is 7.59. The Morgan fingerprint density at radius 1 is 1.19 bits per heavy atom. The zero-order chi connectivity index (χ0) is 22.8. The van der Waals surface area contributed by atoms with Crippen LogP contribution in [0.2, 0.25) is 0 Å². The zero-order valence-corrected chi connectivity index (χ0v) is 17.8. The Balaban J connectivity index is 1.87. The Morgan fingerprint density at radius 3 is 2.72 bits per heavy atom. The molecule has 0 bridgehead atoms. The van der Waals surface area contributed by atoms with E-state index in [2.05, 4.69) is 10.3 Å². The van der Waals surface area contributed by atoms with Crippen LogP contribution >= 0.6 is 0 Å². The van der Waals surface area contributed by atoms with Crippen molar-refractivity contribution < 1.29 is 14.3 Å². The number of carbonyl (C=O) groups is 1. The van der Waals surface area contributed by atoms with Crippen molar-refractivity contribution in [1.82, 2.24) is 4.98 Å². The number of pyridine rings is 1. The number of carboxylic acids is 1. The van der Waals surface area contributed by atoms with E-state index in [4.69, 9.17) is 15.9 Å². The molecule has 0 saturated heterocycles. The minimum absolute atomic E-state index is 0.211. The van der Waals surface area contributed by atoms with Gasteiger partial charge in [-0.2, -0.15) is 0 Å². The van der Waals surface area contributed by atoms with Crippen LogP contribution in [0.15, 0.2) is 71.4 Å². The summed E-state index contributed by atoms with van der Waals surface area (Å²) >= 11 is 0. The number of para-hydroxylation sites is 1. The van der Waals surface area contributed by atoms with Crippen LogP contribution in [0.4, 0.5) is 5.69 Å². The molecule has 0 radical (unpaired) electrons. The third-order valence-corrected chi connectivity index (χ3v) is 5.32. The second-order valence-electron chi connectivity index (χ2n) is 7.59. The highest BCUT2D eigenvalue weighted by Crippen LogP contribution is 2.37. The fraction of sp³-hybridized carbons (Fsp3) is 0.120. The number of nitrogens with two attached hydrogens (primary N) is 2. The lowest BCUT2D eigenvalue weighted by Crippen LogP contribution is -2.11. The third-order valence-electron chi connectivity index (χ3n) is 5.32. The molecule has 162 valence electrons. The van der Waals surface area contributed by atoms with Crippen LogP contribution < -0.4 is 16.8 Å². The van der Waals surface area contributed by atoms with Gasteiger partial charge < -0.3 is 26.3 Å². The average molecular weight is 428 g/mol. The van der Waals surface area contributed by atoms with Crippen LogP contribution in [0.5, 0.6) is 0 Å². The number of aryl methyl sites for hydroxylation is 1. The van der Waals surface area contributed by atoms with Crippen LogP contribution in [0.3, 0.4) is 0 Å². The van der Waals surface area contributed by atoms with E-state index < -0.39 is 5.97 Å². The maximum Gasteiger partial charge on any atom is 0.337 e. The first-order valence-corrected chi connectivity index (χ1v) is 10.2. The molecule has 0 aliphatic heterocycles. The summed E-state index contributed by atoms with van der Waals surface area (Å²) in [5.41, 5.74) is 17.6. The predicted octanol–water partition coefficient (Wildman–Crippen LogP) is 4.93. The first kappa shape index (κ1) is 21.0. The summed E-state index contributed by atoms with van der Waals surface area (Å²) in [5, 5.41) is 13.7. The number of fused-ring (bicyclic) bond motifs is 3. The van der Waals surface area contributed by atoms with Gasteiger partial charge in [0.05, 0.1) is 11.6 Å². The van der Waals surface area contributed by atoms with Gasteiger partial charge >= 0.3 is 5.97 Å². The van der Waals surface area contributed by atoms with E-state index in [-0.39, 0.29) is 11.6 Å². The highest BCUT2D eigenvalue weighted by atomic mass is 16.4. The largest absolute Gasteiger partial charge is 0.478 e. The highest BCUT2D eigenvalue weighted by molar-refractivity contribution is 6.07. The Kier molecular flexibility index (Phi) is 5.55. The van der Waals surface area contributed by atoms with Crippen LogP contribution in [-0.4, -0.2) is 16.1 Å². The normalized spacial score (nSPS) is 13.1. The van der Waals surface area contributed by atoms with E-state index >= 15 is 0 Å². The third kappa shape index (κ3) is 3.76. The van der Waals surface area contributed by atoms with Gasteiger partial charge in [0.25, 0.3) is 0 Å². The number of hydrogen-bond acceptors (Lipinski definition) is 6. The van der Waals surface area contributed by atoms with Crippen molar-refractivity contribution in [2.24, 2.45) is 11.5 Å². The molecule has 7 heteroatoms. The van der Waals surface area contributed by atoms with Crippen molar-refractivity contribution in [2.45, 2.75) is 19.9 Å². The van der Waals surface area contributed by atoms with Crippen molar-refractivity contribution in [3.63, 3.8) is 0 Å². The quantitative estimate of drug-likeness (QED) is 0.321. The monoisotopic (exact) mass is 428 g/mol. The van der Waals surface area contributed by atoms with Crippen molar-refractivity contribution in [2.75, 3.05) is 5.32 Å². The van der Waals surface area contributed by atoms with Gasteiger partial charge in [-0.1, -0.05) is 18.2 Å². The summed E-state index contributed by atoms with van der Waals surface area (Å²) in [6.07, 6.45) is 6.48. The van der Waals surface area contributed by atoms with E-state index in [9.17, 15) is 9.90 Å². The molecule has 0 aliphatic carbocycles. The van der Waals surface area contributed by atoms with Gasteiger partial charge in [-0.25, -0.2) is 4.79 Å². The summed E-state index contributed by atoms with van der Waals surface area (Å²) in [5.74, 6) is -0.985. The fourth-order valence-corrected chi connectivity index (χ4v) is 3.84. The summed E-state index contributed by atoms with van der Waals surface area (Å²) in [4.78, 5) is 16.1. The number of allylic oxidation sites excluding steroid dienone is 2. The summed E-state index contributed by atoms with van der Waals surface area (Å²) < 4.78 is 6.31. The molecule has 4 rings (SSSR count). The zero-order valence-electron chi connectivity index (χ0n) is 17.8. The number of furan rings is 1. The van der Waals surface area contributed by atoms with Crippen LogP contribution in [-0.2, 0) is 0 Å². The molecule has 0 amide bonds. The number of aromatic carboxylic acids is 1. The lowest BCUT2D eigenvalue weighted by atomic mass is 10.0. The maximum atomic E-state index is 11.6. The molecule has 0 spiro atoms. The average Bonchev–Trinajstić information content (AvgIpc) is 3.15. The van der Waals surface area contributed by atoms with Crippen molar-refractivity contribution >= 4 is 39.4 Å². The number of hydrogen-bond donors (Lipinski definition) is 4. The molecule has 1 unspecified atom stereocenters. The molecular weight excluding hydrogens is 404 g/mol. The maximum absolute atomic E-state index is 11.6. The van der Waals surface area contributed by atoms with Crippen LogP contribution in [0.1, 0.15) is 40.0 Å². The van der Waals surface area contributed by atoms with E-state index in [0.717, 1.165) is 22.1 Å². The molecule has 0 aliphatic rings. The Morgan fingerprint density at radius 2 is 1.97 bits per heavy atom. The number of anilines is 1. The molecule has 0 saturated carbocycles. The number of nitrogens with one attached hydrogen (secondary N) is 1. The number of aromatic nitrogens is 1. The van der Waals surface area contributed by atoms with Crippen molar-refractivity contribution in [3.8, 4) is 0 Å². The van der Waals surface area contributed by atoms with Gasteiger partial charge in [-0.15, -0.1) is 0 Å². The lowest BCUT2D eigenvalue weighted by molar-refractivity contribution is 0.0698. The smallest absolute Gasteiger partial charge is 0.337 e. The van der Waals surface area contributed by atoms with Gasteiger partial charge in [0, 0.05) is 34.1 Å². The Bertz CT molecular complexity index is 1380. The minimum atomic E-state index is -0.985. The fourth-order valence-electron chi connectivity index (χ4n) is 3.84. The van der Waals surface area contributed by atoms with Gasteiger partial charge in [-0.05, 0) is 62.0 Å². The van der Waals surface area contributed by atoms with E-state index in [1.165, 1.54) is 6.20 Å². The topological polar surface area (TPSA) is 127 Å². The first-order chi connectivity index (χ1) is 15.4. The molecule has 2 heterocycles.